The summed E-state index contributed by atoms with van der Waals surface area (Å²) >= 11 is 5.65. The first kappa shape index (κ1) is 17.8. The van der Waals surface area contributed by atoms with Crippen molar-refractivity contribution in [3.63, 3.8) is 0 Å². The van der Waals surface area contributed by atoms with Gasteiger partial charge in [0.15, 0.2) is 5.76 Å². The largest absolute Gasteiger partial charge is 0.459 e. The molecule has 2 N–H and O–H groups in total. The maximum Gasteiger partial charge on any atom is 0.418 e. The number of nitrogens with one attached hydrogen (secondary N) is 2. The number of halogens is 4. The van der Waals surface area contributed by atoms with Gasteiger partial charge < -0.3 is 15.1 Å². The number of carbonyl (C=O) groups is 1. The molecule has 0 aliphatic carbocycles. The van der Waals surface area contributed by atoms with E-state index in [1.54, 1.807) is 6.07 Å². The van der Waals surface area contributed by atoms with Crippen molar-refractivity contribution in [3.8, 4) is 0 Å². The topological polar surface area (TPSA) is 67.2 Å². The Labute approximate surface area is 150 Å². The Morgan fingerprint density at radius 1 is 1.15 bits per heavy atom. The van der Waals surface area contributed by atoms with E-state index in [4.69, 9.17) is 16.0 Å². The Hall–Kier alpha value is -3.00. The SMILES string of the molecule is O=C(Nc1ccc(Nc2ccc(Cl)cc2C(F)(F)F)nc1)c1ccco1. The van der Waals surface area contributed by atoms with Crippen LogP contribution in [-0.2, 0) is 6.18 Å². The van der Waals surface area contributed by atoms with Gasteiger partial charge in [-0.2, -0.15) is 13.2 Å². The molecule has 0 saturated heterocycles. The van der Waals surface area contributed by atoms with Gasteiger partial charge in [-0.15, -0.1) is 0 Å². The lowest BCUT2D eigenvalue weighted by Gasteiger charge is -2.14. The predicted octanol–water partition coefficient (Wildman–Crippen LogP) is 5.34. The van der Waals surface area contributed by atoms with Gasteiger partial charge in [-0.25, -0.2) is 4.98 Å². The molecule has 3 aromatic rings. The lowest BCUT2D eigenvalue weighted by molar-refractivity contribution is -0.136. The van der Waals surface area contributed by atoms with Crippen molar-refractivity contribution in [2.75, 3.05) is 10.6 Å². The number of rotatable bonds is 4. The van der Waals surface area contributed by atoms with Gasteiger partial charge in [0.2, 0.25) is 0 Å². The summed E-state index contributed by atoms with van der Waals surface area (Å²) < 4.78 is 44.3. The minimum atomic E-state index is -4.57. The van der Waals surface area contributed by atoms with Crippen LogP contribution in [0, 0.1) is 0 Å². The normalized spacial score (nSPS) is 11.2. The second-order valence-corrected chi connectivity index (χ2v) is 5.61. The number of aromatic nitrogens is 1. The molecule has 0 radical (unpaired) electrons. The third-order valence-electron chi connectivity index (χ3n) is 3.32. The van der Waals surface area contributed by atoms with Crippen LogP contribution in [0.2, 0.25) is 5.02 Å². The summed E-state index contributed by atoms with van der Waals surface area (Å²) in [5, 5.41) is 5.13. The Balaban J connectivity index is 1.75. The summed E-state index contributed by atoms with van der Waals surface area (Å²) in [6.45, 7) is 0. The van der Waals surface area contributed by atoms with Gasteiger partial charge in [-0.1, -0.05) is 11.6 Å². The van der Waals surface area contributed by atoms with Gasteiger partial charge >= 0.3 is 6.18 Å². The van der Waals surface area contributed by atoms with Crippen molar-refractivity contribution in [1.29, 1.82) is 0 Å². The van der Waals surface area contributed by atoms with Crippen molar-refractivity contribution >= 4 is 34.7 Å². The number of amides is 1. The van der Waals surface area contributed by atoms with Crippen LogP contribution in [0.3, 0.4) is 0 Å². The van der Waals surface area contributed by atoms with Crippen molar-refractivity contribution < 1.29 is 22.4 Å². The molecule has 0 spiro atoms. The molecule has 1 aromatic carbocycles. The number of hydrogen-bond donors (Lipinski definition) is 2. The molecule has 0 fully saturated rings. The maximum absolute atomic E-state index is 13.1. The average Bonchev–Trinajstić information content (AvgIpc) is 3.12. The average molecular weight is 382 g/mol. The fourth-order valence-electron chi connectivity index (χ4n) is 2.14. The van der Waals surface area contributed by atoms with Gasteiger partial charge in [0, 0.05) is 5.02 Å². The minimum absolute atomic E-state index is 0.0215. The van der Waals surface area contributed by atoms with E-state index in [1.807, 2.05) is 0 Å². The molecule has 0 aliphatic heterocycles. The van der Waals surface area contributed by atoms with Gasteiger partial charge in [0.05, 0.1) is 29.4 Å². The quantitative estimate of drug-likeness (QED) is 0.640. The molecule has 0 bridgehead atoms. The Morgan fingerprint density at radius 3 is 2.58 bits per heavy atom. The molecule has 1 amide bonds. The minimum Gasteiger partial charge on any atom is -0.459 e. The molecule has 134 valence electrons. The number of pyridine rings is 1. The van der Waals surface area contributed by atoms with Gasteiger partial charge in [-0.05, 0) is 42.5 Å². The number of alkyl halides is 3. The van der Waals surface area contributed by atoms with Crippen molar-refractivity contribution in [1.82, 2.24) is 4.98 Å². The molecule has 0 aliphatic rings. The second-order valence-electron chi connectivity index (χ2n) is 5.18. The summed E-state index contributed by atoms with van der Waals surface area (Å²) in [4.78, 5) is 15.8. The highest BCUT2D eigenvalue weighted by atomic mass is 35.5. The number of hydrogen-bond acceptors (Lipinski definition) is 4. The van der Waals surface area contributed by atoms with Crippen LogP contribution < -0.4 is 10.6 Å². The molecular formula is C17H11ClF3N3O2. The fraction of sp³-hybridized carbons (Fsp3) is 0.0588. The van der Waals surface area contributed by atoms with E-state index in [0.717, 1.165) is 6.07 Å². The lowest BCUT2D eigenvalue weighted by atomic mass is 10.1. The highest BCUT2D eigenvalue weighted by molar-refractivity contribution is 6.30. The summed E-state index contributed by atoms with van der Waals surface area (Å²) in [5.74, 6) is -0.161. The van der Waals surface area contributed by atoms with Gasteiger partial charge in [0.25, 0.3) is 5.91 Å². The van der Waals surface area contributed by atoms with E-state index in [9.17, 15) is 18.0 Å². The number of carbonyl (C=O) groups excluding carboxylic acids is 1. The van der Waals surface area contributed by atoms with E-state index in [-0.39, 0.29) is 22.3 Å². The van der Waals surface area contributed by atoms with Gasteiger partial charge in [-0.3, -0.25) is 4.79 Å². The number of nitrogens with zero attached hydrogens (tertiary/aromatic N) is 1. The van der Waals surface area contributed by atoms with E-state index < -0.39 is 17.6 Å². The smallest absolute Gasteiger partial charge is 0.418 e. The van der Waals surface area contributed by atoms with E-state index >= 15 is 0 Å². The number of benzene rings is 1. The van der Waals surface area contributed by atoms with Crippen LogP contribution in [0.15, 0.2) is 59.3 Å². The Bertz CT molecular complexity index is 910. The zero-order chi connectivity index (χ0) is 18.7. The summed E-state index contributed by atoms with van der Waals surface area (Å²) in [7, 11) is 0. The monoisotopic (exact) mass is 381 g/mol. The zero-order valence-electron chi connectivity index (χ0n) is 13.0. The standard InChI is InChI=1S/C17H11ClF3N3O2/c18-10-3-5-13(12(8-10)17(19,20)21)24-15-6-4-11(9-22-15)23-16(25)14-2-1-7-26-14/h1-9H,(H,22,24)(H,23,25). The van der Waals surface area contributed by atoms with Crippen LogP contribution in [-0.4, -0.2) is 10.9 Å². The maximum atomic E-state index is 13.1. The molecule has 3 rings (SSSR count). The summed E-state index contributed by atoms with van der Waals surface area (Å²) in [6.07, 6.45) is -1.89. The highest BCUT2D eigenvalue weighted by Crippen LogP contribution is 2.37. The third kappa shape index (κ3) is 4.15. The second kappa shape index (κ2) is 7.09. The first-order chi connectivity index (χ1) is 12.3. The zero-order valence-corrected chi connectivity index (χ0v) is 13.7. The summed E-state index contributed by atoms with van der Waals surface area (Å²) in [5.41, 5.74) is -0.715. The molecule has 0 unspecified atom stereocenters. The third-order valence-corrected chi connectivity index (χ3v) is 3.55. The first-order valence-electron chi connectivity index (χ1n) is 7.27. The molecule has 5 nitrogen and oxygen atoms in total. The van der Waals surface area contributed by atoms with Crippen molar-refractivity contribution in [2.24, 2.45) is 0 Å². The lowest BCUT2D eigenvalue weighted by Crippen LogP contribution is -2.11. The first-order valence-corrected chi connectivity index (χ1v) is 7.65. The Kier molecular flexibility index (Phi) is 4.85. The van der Waals surface area contributed by atoms with Crippen LogP contribution in [0.4, 0.5) is 30.4 Å². The molecule has 2 aromatic heterocycles. The summed E-state index contributed by atoms with van der Waals surface area (Å²) in [6, 6.07) is 9.41. The molecule has 26 heavy (non-hydrogen) atoms. The molecule has 0 atom stereocenters. The highest BCUT2D eigenvalue weighted by Gasteiger charge is 2.33. The Morgan fingerprint density at radius 2 is 1.96 bits per heavy atom. The molecular weight excluding hydrogens is 371 g/mol. The van der Waals surface area contributed by atoms with Crippen LogP contribution in [0.25, 0.3) is 0 Å². The van der Waals surface area contributed by atoms with E-state index in [2.05, 4.69) is 15.6 Å². The number of furan rings is 1. The van der Waals surface area contributed by atoms with Crippen LogP contribution in [0.1, 0.15) is 16.1 Å². The number of anilines is 3. The van der Waals surface area contributed by atoms with Gasteiger partial charge in [0.1, 0.15) is 5.82 Å². The fourth-order valence-corrected chi connectivity index (χ4v) is 2.31. The van der Waals surface area contributed by atoms with E-state index in [0.29, 0.717) is 5.69 Å². The van der Waals surface area contributed by atoms with Crippen molar-refractivity contribution in [3.05, 3.63) is 71.3 Å². The van der Waals surface area contributed by atoms with Crippen molar-refractivity contribution in [2.45, 2.75) is 6.18 Å². The molecule has 0 saturated carbocycles. The van der Waals surface area contributed by atoms with Crippen LogP contribution in [0.5, 0.6) is 0 Å². The molecule has 9 heteroatoms. The van der Waals surface area contributed by atoms with Crippen LogP contribution >= 0.6 is 11.6 Å². The molecule has 2 heterocycles. The predicted molar refractivity (Wildman–Crippen MR) is 90.6 cm³/mol. The van der Waals surface area contributed by atoms with E-state index in [1.165, 1.54) is 42.8 Å².